The van der Waals surface area contributed by atoms with Crippen LogP contribution in [-0.2, 0) is 13.0 Å². The van der Waals surface area contributed by atoms with E-state index in [2.05, 4.69) is 48.6 Å². The van der Waals surface area contributed by atoms with E-state index in [0.29, 0.717) is 12.1 Å². The quantitative estimate of drug-likeness (QED) is 0.741. The van der Waals surface area contributed by atoms with Gasteiger partial charge in [0, 0.05) is 31.4 Å². The molecule has 1 aromatic rings. The van der Waals surface area contributed by atoms with Crippen LogP contribution in [0.3, 0.4) is 0 Å². The summed E-state index contributed by atoms with van der Waals surface area (Å²) in [6, 6.07) is 1.10. The zero-order valence-corrected chi connectivity index (χ0v) is 10.2. The van der Waals surface area contributed by atoms with Gasteiger partial charge in [-0.2, -0.15) is 5.10 Å². The van der Waals surface area contributed by atoms with Gasteiger partial charge in [-0.05, 0) is 39.7 Å². The van der Waals surface area contributed by atoms with Gasteiger partial charge in [0.1, 0.15) is 0 Å². The largest absolute Gasteiger partial charge is 0.295 e. The second kappa shape index (κ2) is 3.97. The molecular weight excluding hydrogens is 186 g/mol. The highest BCUT2D eigenvalue weighted by Gasteiger charge is 2.21. The van der Waals surface area contributed by atoms with Crippen LogP contribution in [0.25, 0.3) is 0 Å². The maximum Gasteiger partial charge on any atom is 0.0797 e. The van der Waals surface area contributed by atoms with Gasteiger partial charge in [-0.1, -0.05) is 0 Å². The molecule has 0 amide bonds. The number of rotatable bonds is 2. The van der Waals surface area contributed by atoms with Gasteiger partial charge in [0.25, 0.3) is 0 Å². The van der Waals surface area contributed by atoms with E-state index in [1.807, 2.05) is 0 Å². The lowest BCUT2D eigenvalue weighted by atomic mass is 10.1. The molecule has 0 unspecified atom stereocenters. The first kappa shape index (κ1) is 10.7. The molecule has 0 aliphatic carbocycles. The molecule has 0 N–H and O–H groups in total. The fraction of sp³-hybridized carbons (Fsp3) is 0.750. The Labute approximate surface area is 92.1 Å². The fourth-order valence-corrected chi connectivity index (χ4v) is 2.05. The minimum Gasteiger partial charge on any atom is -0.295 e. The molecule has 0 atom stereocenters. The van der Waals surface area contributed by atoms with E-state index in [1.54, 1.807) is 0 Å². The first-order valence-electron chi connectivity index (χ1n) is 5.89. The summed E-state index contributed by atoms with van der Waals surface area (Å²) in [6.45, 7) is 11.1. The van der Waals surface area contributed by atoms with Crippen molar-refractivity contribution >= 4 is 0 Å². The topological polar surface area (TPSA) is 21.1 Å². The molecule has 0 saturated carbocycles. The number of nitrogens with zero attached hydrogens (tertiary/aromatic N) is 3. The highest BCUT2D eigenvalue weighted by molar-refractivity contribution is 5.20. The molecule has 0 saturated heterocycles. The Morgan fingerprint density at radius 1 is 1.20 bits per heavy atom. The van der Waals surface area contributed by atoms with Crippen molar-refractivity contribution in [3.63, 3.8) is 0 Å². The van der Waals surface area contributed by atoms with Gasteiger partial charge in [0.2, 0.25) is 0 Å². The molecule has 3 nitrogen and oxygen atoms in total. The summed E-state index contributed by atoms with van der Waals surface area (Å²) in [7, 11) is 0. The summed E-state index contributed by atoms with van der Waals surface area (Å²) in [6.07, 6.45) is 3.37. The smallest absolute Gasteiger partial charge is 0.0797 e. The Balaban J connectivity index is 2.19. The fourth-order valence-electron chi connectivity index (χ4n) is 2.05. The molecule has 1 aliphatic rings. The van der Waals surface area contributed by atoms with Crippen LogP contribution in [0.15, 0.2) is 6.20 Å². The number of hydrogen-bond donors (Lipinski definition) is 0. The molecule has 0 fully saturated rings. The highest BCUT2D eigenvalue weighted by Crippen LogP contribution is 2.20. The predicted molar refractivity (Wildman–Crippen MR) is 61.9 cm³/mol. The second-order valence-electron chi connectivity index (χ2n) is 4.99. The number of hydrogen-bond acceptors (Lipinski definition) is 2. The molecule has 0 bridgehead atoms. The summed E-state index contributed by atoms with van der Waals surface area (Å²) >= 11 is 0. The van der Waals surface area contributed by atoms with E-state index < -0.39 is 0 Å². The second-order valence-corrected chi connectivity index (χ2v) is 4.99. The monoisotopic (exact) mass is 207 g/mol. The summed E-state index contributed by atoms with van der Waals surface area (Å²) in [4.78, 5) is 2.49. The van der Waals surface area contributed by atoms with Crippen molar-refractivity contribution in [3.05, 3.63) is 17.5 Å². The minimum atomic E-state index is 0.475. The van der Waals surface area contributed by atoms with Gasteiger partial charge in [-0.3, -0.25) is 9.58 Å². The lowest BCUT2D eigenvalue weighted by Gasteiger charge is -2.29. The Morgan fingerprint density at radius 2 is 1.93 bits per heavy atom. The van der Waals surface area contributed by atoms with Crippen LogP contribution in [0.1, 0.15) is 45.0 Å². The van der Waals surface area contributed by atoms with Crippen molar-refractivity contribution in [2.24, 2.45) is 0 Å². The van der Waals surface area contributed by atoms with Gasteiger partial charge in [0.05, 0.1) is 5.69 Å². The predicted octanol–water partition coefficient (Wildman–Crippen LogP) is 2.23. The Kier molecular flexibility index (Phi) is 2.83. The molecule has 1 aromatic heterocycles. The molecule has 0 aromatic carbocycles. The molecule has 3 heteroatoms. The minimum absolute atomic E-state index is 0.475. The van der Waals surface area contributed by atoms with Crippen molar-refractivity contribution in [2.45, 2.75) is 52.7 Å². The average Bonchev–Trinajstić information content (AvgIpc) is 2.59. The highest BCUT2D eigenvalue weighted by atomic mass is 15.3. The van der Waals surface area contributed by atoms with Crippen molar-refractivity contribution in [1.82, 2.24) is 14.7 Å². The Morgan fingerprint density at radius 3 is 2.53 bits per heavy atom. The third kappa shape index (κ3) is 2.07. The molecule has 2 rings (SSSR count). The summed E-state index contributed by atoms with van der Waals surface area (Å²) in [5.41, 5.74) is 2.73. The van der Waals surface area contributed by atoms with E-state index in [0.717, 1.165) is 13.0 Å². The molecule has 15 heavy (non-hydrogen) atoms. The Bertz CT molecular complexity index is 339. The van der Waals surface area contributed by atoms with Gasteiger partial charge in [-0.25, -0.2) is 0 Å². The maximum atomic E-state index is 4.66. The van der Waals surface area contributed by atoms with E-state index in [4.69, 9.17) is 0 Å². The summed E-state index contributed by atoms with van der Waals surface area (Å²) in [5, 5.41) is 4.66. The Hall–Kier alpha value is -0.830. The first-order chi connectivity index (χ1) is 7.08. The normalized spacial score (nSPS) is 17.5. The number of fused-ring (bicyclic) bond motifs is 1. The summed E-state index contributed by atoms with van der Waals surface area (Å²) < 4.78 is 2.09. The van der Waals surface area contributed by atoms with Crippen molar-refractivity contribution in [1.29, 1.82) is 0 Å². The van der Waals surface area contributed by atoms with E-state index >= 15 is 0 Å². The molecular formula is C12H21N3. The molecule has 2 heterocycles. The first-order valence-corrected chi connectivity index (χ1v) is 5.89. The van der Waals surface area contributed by atoms with Crippen LogP contribution < -0.4 is 0 Å². The van der Waals surface area contributed by atoms with Crippen molar-refractivity contribution < 1.29 is 0 Å². The van der Waals surface area contributed by atoms with E-state index in [9.17, 15) is 0 Å². The molecule has 0 spiro atoms. The number of aromatic nitrogens is 2. The van der Waals surface area contributed by atoms with Crippen LogP contribution in [0.4, 0.5) is 0 Å². The van der Waals surface area contributed by atoms with E-state index in [1.165, 1.54) is 17.8 Å². The van der Waals surface area contributed by atoms with Gasteiger partial charge in [-0.15, -0.1) is 0 Å². The van der Waals surface area contributed by atoms with Crippen molar-refractivity contribution in [2.75, 3.05) is 6.54 Å². The molecule has 1 aliphatic heterocycles. The lowest BCUT2D eigenvalue weighted by molar-refractivity contribution is 0.200. The van der Waals surface area contributed by atoms with E-state index in [-0.39, 0.29) is 0 Å². The van der Waals surface area contributed by atoms with Gasteiger partial charge in [0.15, 0.2) is 0 Å². The third-order valence-electron chi connectivity index (χ3n) is 3.18. The van der Waals surface area contributed by atoms with Crippen molar-refractivity contribution in [3.8, 4) is 0 Å². The van der Waals surface area contributed by atoms with Gasteiger partial charge >= 0.3 is 0 Å². The van der Waals surface area contributed by atoms with Crippen LogP contribution in [-0.4, -0.2) is 27.3 Å². The van der Waals surface area contributed by atoms with Crippen LogP contribution >= 0.6 is 0 Å². The summed E-state index contributed by atoms with van der Waals surface area (Å²) in [5.74, 6) is 0. The van der Waals surface area contributed by atoms with Crippen LogP contribution in [0.2, 0.25) is 0 Å². The zero-order chi connectivity index (χ0) is 11.0. The third-order valence-corrected chi connectivity index (χ3v) is 3.18. The SMILES string of the molecule is CC(C)N1CCc2cn(C(C)C)nc2C1. The van der Waals surface area contributed by atoms with Crippen LogP contribution in [0.5, 0.6) is 0 Å². The standard InChI is InChI=1S/C12H21N3/c1-9(2)14-6-5-11-7-15(10(3)4)13-12(11)8-14/h7,9-10H,5-6,8H2,1-4H3. The molecule has 84 valence electrons. The lowest BCUT2D eigenvalue weighted by Crippen LogP contribution is -2.35. The molecule has 0 radical (unpaired) electrons. The zero-order valence-electron chi connectivity index (χ0n) is 10.2. The average molecular weight is 207 g/mol. The maximum absolute atomic E-state index is 4.66. The van der Waals surface area contributed by atoms with Crippen LogP contribution in [0, 0.1) is 0 Å². The van der Waals surface area contributed by atoms with Gasteiger partial charge < -0.3 is 0 Å².